The fraction of sp³-hybridized carbons (Fsp3) is 0.533. The van der Waals surface area contributed by atoms with E-state index in [1.165, 1.54) is 12.1 Å². The molecular weight excluding hydrogens is 339 g/mol. The maximum Gasteiger partial charge on any atom is 0.474 e. The highest BCUT2D eigenvalue weighted by atomic mass is 31.2. The summed E-state index contributed by atoms with van der Waals surface area (Å²) < 4.78 is 32.1. The summed E-state index contributed by atoms with van der Waals surface area (Å²) in [6.07, 6.45) is 0.960. The van der Waals surface area contributed by atoms with Gasteiger partial charge in [0.15, 0.2) is 0 Å². The van der Waals surface area contributed by atoms with Gasteiger partial charge in [-0.1, -0.05) is 0 Å². The van der Waals surface area contributed by atoms with Crippen molar-refractivity contribution in [2.24, 2.45) is 0 Å². The number of phenols is 2. The van der Waals surface area contributed by atoms with Crippen LogP contribution >= 0.6 is 7.82 Å². The van der Waals surface area contributed by atoms with Gasteiger partial charge in [-0.2, -0.15) is 0 Å². The second-order valence-electron chi connectivity index (χ2n) is 4.66. The first kappa shape index (κ1) is 20.4. The monoisotopic (exact) mass is 362 g/mol. The van der Waals surface area contributed by atoms with Crippen LogP contribution in [0.15, 0.2) is 18.2 Å². The Labute approximate surface area is 140 Å². The highest BCUT2D eigenvalue weighted by molar-refractivity contribution is 7.48. The largest absolute Gasteiger partial charge is 0.508 e. The van der Waals surface area contributed by atoms with Crippen molar-refractivity contribution in [1.82, 2.24) is 0 Å². The molecule has 0 heterocycles. The maximum absolute atomic E-state index is 12.0. The molecule has 0 saturated heterocycles. The van der Waals surface area contributed by atoms with E-state index in [0.29, 0.717) is 12.8 Å². The van der Waals surface area contributed by atoms with Gasteiger partial charge in [-0.3, -0.25) is 13.6 Å². The lowest BCUT2D eigenvalue weighted by Gasteiger charge is -2.16. The van der Waals surface area contributed by atoms with Gasteiger partial charge in [-0.25, -0.2) is 9.36 Å². The van der Waals surface area contributed by atoms with Crippen molar-refractivity contribution < 1.29 is 37.9 Å². The summed E-state index contributed by atoms with van der Waals surface area (Å²) in [5.41, 5.74) is -0.0266. The van der Waals surface area contributed by atoms with Crippen molar-refractivity contribution in [2.75, 3.05) is 26.4 Å². The van der Waals surface area contributed by atoms with E-state index < -0.39 is 13.8 Å². The van der Waals surface area contributed by atoms with E-state index >= 15 is 0 Å². The van der Waals surface area contributed by atoms with E-state index in [1.807, 2.05) is 0 Å². The molecule has 0 aromatic heterocycles. The van der Waals surface area contributed by atoms with Crippen LogP contribution in [-0.2, 0) is 22.9 Å². The summed E-state index contributed by atoms with van der Waals surface area (Å²) >= 11 is 0. The van der Waals surface area contributed by atoms with E-state index in [-0.39, 0.29) is 43.5 Å². The number of carbonyl (C=O) groups is 1. The van der Waals surface area contributed by atoms with Crippen LogP contribution in [0.5, 0.6) is 11.5 Å². The Balaban J connectivity index is 2.28. The summed E-state index contributed by atoms with van der Waals surface area (Å²) in [6, 6.07) is 3.61. The first-order valence-electron chi connectivity index (χ1n) is 7.64. The number of aromatic hydroxyl groups is 2. The van der Waals surface area contributed by atoms with Crippen molar-refractivity contribution in [3.8, 4) is 11.5 Å². The molecule has 0 unspecified atom stereocenters. The number of benzene rings is 1. The Kier molecular flexibility index (Phi) is 8.78. The number of phenolic OH excluding ortho intramolecular Hbond substituents is 2. The third-order valence-corrected chi connectivity index (χ3v) is 4.44. The molecule has 2 N–H and O–H groups in total. The number of phosphoric ester groups is 1. The van der Waals surface area contributed by atoms with Gasteiger partial charge in [0.05, 0.1) is 26.4 Å². The lowest BCUT2D eigenvalue weighted by Crippen LogP contribution is -2.08. The van der Waals surface area contributed by atoms with E-state index in [0.717, 1.165) is 6.07 Å². The Morgan fingerprint density at radius 3 is 2.25 bits per heavy atom. The molecule has 1 aromatic carbocycles. The van der Waals surface area contributed by atoms with Gasteiger partial charge in [0, 0.05) is 6.07 Å². The molecule has 0 fully saturated rings. The van der Waals surface area contributed by atoms with E-state index in [1.54, 1.807) is 13.8 Å². The molecule has 0 radical (unpaired) electrons. The Morgan fingerprint density at radius 1 is 1.04 bits per heavy atom. The number of carbonyl (C=O) groups excluding carboxylic acids is 1. The van der Waals surface area contributed by atoms with Crippen LogP contribution in [0, 0.1) is 0 Å². The van der Waals surface area contributed by atoms with Gasteiger partial charge in [0.2, 0.25) is 0 Å². The number of ether oxygens (including phenoxy) is 1. The average molecular weight is 362 g/mol. The summed E-state index contributed by atoms with van der Waals surface area (Å²) in [5, 5.41) is 18.7. The van der Waals surface area contributed by atoms with E-state index in [4.69, 9.17) is 23.4 Å². The van der Waals surface area contributed by atoms with Crippen molar-refractivity contribution in [3.63, 3.8) is 0 Å². The zero-order valence-electron chi connectivity index (χ0n) is 13.8. The molecule has 24 heavy (non-hydrogen) atoms. The summed E-state index contributed by atoms with van der Waals surface area (Å²) in [7, 11) is -3.51. The molecule has 9 heteroatoms. The number of hydrogen-bond acceptors (Lipinski definition) is 8. The molecule has 0 bridgehead atoms. The van der Waals surface area contributed by atoms with E-state index in [9.17, 15) is 14.5 Å². The minimum atomic E-state index is -3.51. The molecule has 1 aromatic rings. The summed E-state index contributed by atoms with van der Waals surface area (Å²) in [5.74, 6) is -1.19. The number of unbranched alkanes of at least 4 members (excludes halogenated alkanes) is 1. The van der Waals surface area contributed by atoms with Crippen LogP contribution in [-0.4, -0.2) is 42.6 Å². The first-order chi connectivity index (χ1) is 11.4. The van der Waals surface area contributed by atoms with Crippen LogP contribution in [0.2, 0.25) is 0 Å². The van der Waals surface area contributed by atoms with Crippen molar-refractivity contribution in [1.29, 1.82) is 0 Å². The molecule has 136 valence electrons. The molecule has 0 aliphatic heterocycles. The van der Waals surface area contributed by atoms with Crippen molar-refractivity contribution in [2.45, 2.75) is 26.7 Å². The second-order valence-corrected chi connectivity index (χ2v) is 6.33. The summed E-state index contributed by atoms with van der Waals surface area (Å²) in [6.45, 7) is 4.05. The van der Waals surface area contributed by atoms with Gasteiger partial charge in [0.1, 0.15) is 17.1 Å². The molecule has 8 nitrogen and oxygen atoms in total. The SMILES string of the molecule is CCOP(=O)(OCC)OCCCCOC(=O)c1ccc(O)cc1O. The lowest BCUT2D eigenvalue weighted by molar-refractivity contribution is 0.0484. The minimum Gasteiger partial charge on any atom is -0.508 e. The highest BCUT2D eigenvalue weighted by Gasteiger charge is 2.24. The standard InChI is InChI=1S/C15H23O8P/c1-3-21-24(19,22-4-2)23-10-6-5-9-20-15(18)13-8-7-12(16)11-14(13)17/h7-8,11,16-17H,3-6,9-10H2,1-2H3. The minimum absolute atomic E-state index is 0.0266. The van der Waals surface area contributed by atoms with Gasteiger partial charge >= 0.3 is 13.8 Å². The fourth-order valence-corrected chi connectivity index (χ4v) is 2.95. The number of hydrogen-bond donors (Lipinski definition) is 2. The van der Waals surface area contributed by atoms with Crippen LogP contribution in [0.1, 0.15) is 37.0 Å². The Morgan fingerprint density at radius 2 is 1.67 bits per heavy atom. The zero-order chi connectivity index (χ0) is 18.0. The zero-order valence-corrected chi connectivity index (χ0v) is 14.7. The van der Waals surface area contributed by atoms with E-state index in [2.05, 4.69) is 0 Å². The van der Waals surface area contributed by atoms with Crippen molar-refractivity contribution >= 4 is 13.8 Å². The van der Waals surface area contributed by atoms with Gasteiger partial charge in [-0.05, 0) is 38.8 Å². The average Bonchev–Trinajstić information content (AvgIpc) is 2.51. The topological polar surface area (TPSA) is 112 Å². The number of phosphoric acid groups is 1. The molecule has 0 atom stereocenters. The first-order valence-corrected chi connectivity index (χ1v) is 9.10. The summed E-state index contributed by atoms with van der Waals surface area (Å²) in [4.78, 5) is 11.8. The smallest absolute Gasteiger partial charge is 0.474 e. The Hall–Kier alpha value is -1.60. The quantitative estimate of drug-likeness (QED) is 0.351. The Bertz CT molecular complexity index is 565. The predicted octanol–water partition coefficient (Wildman–Crippen LogP) is 3.23. The number of rotatable bonds is 11. The maximum atomic E-state index is 12.0. The molecule has 0 spiro atoms. The molecule has 0 saturated carbocycles. The van der Waals surface area contributed by atoms with Crippen LogP contribution in [0.4, 0.5) is 0 Å². The molecule has 0 aliphatic carbocycles. The van der Waals surface area contributed by atoms with Gasteiger partial charge < -0.3 is 14.9 Å². The molecule has 0 amide bonds. The normalized spacial score (nSPS) is 11.4. The van der Waals surface area contributed by atoms with Gasteiger partial charge in [-0.15, -0.1) is 0 Å². The van der Waals surface area contributed by atoms with Crippen molar-refractivity contribution in [3.05, 3.63) is 23.8 Å². The molecule has 0 aliphatic rings. The van der Waals surface area contributed by atoms with Gasteiger partial charge in [0.25, 0.3) is 0 Å². The highest BCUT2D eigenvalue weighted by Crippen LogP contribution is 2.49. The third-order valence-electron chi connectivity index (χ3n) is 2.80. The number of esters is 1. The lowest BCUT2D eigenvalue weighted by atomic mass is 10.2. The molecule has 1 rings (SSSR count). The molecular formula is C15H23O8P. The predicted molar refractivity (Wildman–Crippen MR) is 86.1 cm³/mol. The van der Waals surface area contributed by atoms with Crippen LogP contribution < -0.4 is 0 Å². The van der Waals surface area contributed by atoms with Crippen LogP contribution in [0.3, 0.4) is 0 Å². The second kappa shape index (κ2) is 10.3. The fourth-order valence-electron chi connectivity index (χ4n) is 1.74. The van der Waals surface area contributed by atoms with Crippen LogP contribution in [0.25, 0.3) is 0 Å². The third kappa shape index (κ3) is 6.88.